The normalized spacial score (nSPS) is 16.3. The van der Waals surface area contributed by atoms with Crippen molar-refractivity contribution in [2.45, 2.75) is 18.9 Å². The van der Waals surface area contributed by atoms with Gasteiger partial charge in [0.2, 0.25) is 0 Å². The zero-order valence-electron chi connectivity index (χ0n) is 12.6. The lowest BCUT2D eigenvalue weighted by Gasteiger charge is -2.17. The first kappa shape index (κ1) is 15.7. The van der Waals surface area contributed by atoms with Gasteiger partial charge in [-0.2, -0.15) is 0 Å². The third-order valence-corrected chi connectivity index (χ3v) is 3.34. The molecule has 1 atom stereocenters. The smallest absolute Gasteiger partial charge is 0.274 e. The molecule has 1 aliphatic heterocycles. The van der Waals surface area contributed by atoms with Crippen LogP contribution in [0.15, 0.2) is 12.4 Å². The Morgan fingerprint density at radius 1 is 1.43 bits per heavy atom. The minimum atomic E-state index is -0.500. The summed E-state index contributed by atoms with van der Waals surface area (Å²) in [4.78, 5) is 24.3. The van der Waals surface area contributed by atoms with E-state index in [1.165, 1.54) is 6.20 Å². The third kappa shape index (κ3) is 4.64. The number of likely N-dealkylation sites (N-methyl/N-ethyl adjacent to an activating group) is 1. The largest absolute Gasteiger partial charge is 0.390 e. The summed E-state index contributed by atoms with van der Waals surface area (Å²) >= 11 is 0. The SMILES string of the molecule is CN(C)C[C@@H](O)CNc1cncc(C(=O)N2CCCC2)n1. The van der Waals surface area contributed by atoms with E-state index in [-0.39, 0.29) is 5.91 Å². The molecule has 116 valence electrons. The van der Waals surface area contributed by atoms with Crippen LogP contribution in [0.3, 0.4) is 0 Å². The molecule has 0 bridgehead atoms. The summed E-state index contributed by atoms with van der Waals surface area (Å²) in [5.41, 5.74) is 0.351. The quantitative estimate of drug-likeness (QED) is 0.771. The molecule has 0 aliphatic carbocycles. The number of nitrogens with one attached hydrogen (secondary N) is 1. The van der Waals surface area contributed by atoms with Gasteiger partial charge in [0.05, 0.1) is 18.5 Å². The van der Waals surface area contributed by atoms with Crippen molar-refractivity contribution >= 4 is 11.7 Å². The zero-order valence-corrected chi connectivity index (χ0v) is 12.6. The molecule has 1 saturated heterocycles. The number of hydrogen-bond donors (Lipinski definition) is 2. The molecule has 1 aromatic heterocycles. The van der Waals surface area contributed by atoms with E-state index >= 15 is 0 Å². The third-order valence-electron chi connectivity index (χ3n) is 3.34. The summed E-state index contributed by atoms with van der Waals surface area (Å²) in [6.07, 6.45) is 4.65. The molecule has 2 rings (SSSR count). The van der Waals surface area contributed by atoms with Crippen molar-refractivity contribution in [1.29, 1.82) is 0 Å². The Morgan fingerprint density at radius 2 is 2.14 bits per heavy atom. The first-order valence-corrected chi connectivity index (χ1v) is 7.24. The van der Waals surface area contributed by atoms with Crippen LogP contribution < -0.4 is 5.32 Å². The summed E-state index contributed by atoms with van der Waals surface area (Å²) in [5.74, 6) is 0.440. The first-order valence-electron chi connectivity index (χ1n) is 7.24. The predicted octanol–water partition coefficient (Wildman–Crippen LogP) is 0.0470. The van der Waals surface area contributed by atoms with Crippen LogP contribution in [0.25, 0.3) is 0 Å². The van der Waals surface area contributed by atoms with Gasteiger partial charge in [0.25, 0.3) is 5.91 Å². The van der Waals surface area contributed by atoms with Crippen LogP contribution in [0.5, 0.6) is 0 Å². The van der Waals surface area contributed by atoms with Gasteiger partial charge in [-0.3, -0.25) is 9.78 Å². The monoisotopic (exact) mass is 293 g/mol. The minimum absolute atomic E-state index is 0.0718. The minimum Gasteiger partial charge on any atom is -0.390 e. The van der Waals surface area contributed by atoms with Crippen LogP contribution >= 0.6 is 0 Å². The summed E-state index contributed by atoms with van der Waals surface area (Å²) < 4.78 is 0. The van der Waals surface area contributed by atoms with Gasteiger partial charge in [-0.05, 0) is 26.9 Å². The Labute approximate surface area is 125 Å². The first-order chi connectivity index (χ1) is 10.1. The van der Waals surface area contributed by atoms with Gasteiger partial charge in [-0.15, -0.1) is 0 Å². The Hall–Kier alpha value is -1.73. The van der Waals surface area contributed by atoms with E-state index < -0.39 is 6.10 Å². The summed E-state index contributed by atoms with van der Waals surface area (Å²) in [5, 5.41) is 12.8. The van der Waals surface area contributed by atoms with E-state index in [0.29, 0.717) is 24.6 Å². The number of nitrogens with zero attached hydrogens (tertiary/aromatic N) is 4. The predicted molar refractivity (Wildman–Crippen MR) is 80.2 cm³/mol. The Balaban J connectivity index is 1.92. The number of anilines is 1. The van der Waals surface area contributed by atoms with E-state index in [1.807, 2.05) is 19.0 Å². The topological polar surface area (TPSA) is 81.6 Å². The molecule has 21 heavy (non-hydrogen) atoms. The highest BCUT2D eigenvalue weighted by Gasteiger charge is 2.21. The molecule has 2 heterocycles. The highest BCUT2D eigenvalue weighted by atomic mass is 16.3. The molecule has 0 unspecified atom stereocenters. The molecule has 0 spiro atoms. The van der Waals surface area contributed by atoms with Crippen LogP contribution in [0, 0.1) is 0 Å². The zero-order chi connectivity index (χ0) is 15.2. The molecule has 1 aromatic rings. The molecule has 1 fully saturated rings. The van der Waals surface area contributed by atoms with Gasteiger partial charge in [0.15, 0.2) is 0 Å². The fourth-order valence-electron chi connectivity index (χ4n) is 2.34. The van der Waals surface area contributed by atoms with Crippen molar-refractivity contribution in [1.82, 2.24) is 19.8 Å². The van der Waals surface area contributed by atoms with Gasteiger partial charge >= 0.3 is 0 Å². The molecule has 2 N–H and O–H groups in total. The number of aromatic nitrogens is 2. The van der Waals surface area contributed by atoms with Gasteiger partial charge in [-0.25, -0.2) is 4.98 Å². The molecule has 1 amide bonds. The highest BCUT2D eigenvalue weighted by molar-refractivity contribution is 5.92. The number of aliphatic hydroxyl groups is 1. The summed E-state index contributed by atoms with van der Waals surface area (Å²) in [6, 6.07) is 0. The van der Waals surface area contributed by atoms with Crippen molar-refractivity contribution in [3.05, 3.63) is 18.1 Å². The van der Waals surface area contributed by atoms with E-state index in [4.69, 9.17) is 0 Å². The second-order valence-corrected chi connectivity index (χ2v) is 5.59. The maximum atomic E-state index is 12.2. The number of rotatable bonds is 6. The van der Waals surface area contributed by atoms with Crippen molar-refractivity contribution in [3.63, 3.8) is 0 Å². The molecular weight excluding hydrogens is 270 g/mol. The Morgan fingerprint density at radius 3 is 2.81 bits per heavy atom. The average Bonchev–Trinajstić information content (AvgIpc) is 2.98. The molecule has 0 saturated carbocycles. The number of hydrogen-bond acceptors (Lipinski definition) is 6. The molecular formula is C14H23N5O2. The molecule has 0 radical (unpaired) electrons. The number of carbonyl (C=O) groups is 1. The van der Waals surface area contributed by atoms with E-state index in [1.54, 1.807) is 11.1 Å². The summed E-state index contributed by atoms with van der Waals surface area (Å²) in [6.45, 7) is 2.51. The maximum absolute atomic E-state index is 12.2. The fourth-order valence-corrected chi connectivity index (χ4v) is 2.34. The van der Waals surface area contributed by atoms with Gasteiger partial charge in [0.1, 0.15) is 11.5 Å². The Bertz CT molecular complexity index is 474. The molecule has 1 aliphatic rings. The lowest BCUT2D eigenvalue weighted by atomic mass is 10.3. The van der Waals surface area contributed by atoms with Crippen LogP contribution in [0.1, 0.15) is 23.3 Å². The van der Waals surface area contributed by atoms with E-state index in [2.05, 4.69) is 15.3 Å². The maximum Gasteiger partial charge on any atom is 0.274 e. The van der Waals surface area contributed by atoms with Gasteiger partial charge < -0.3 is 20.2 Å². The lowest BCUT2D eigenvalue weighted by molar-refractivity contribution is 0.0786. The van der Waals surface area contributed by atoms with E-state index in [0.717, 1.165) is 25.9 Å². The van der Waals surface area contributed by atoms with Gasteiger partial charge in [-0.1, -0.05) is 0 Å². The average molecular weight is 293 g/mol. The van der Waals surface area contributed by atoms with Crippen molar-refractivity contribution < 1.29 is 9.90 Å². The fraction of sp³-hybridized carbons (Fsp3) is 0.643. The molecule has 7 heteroatoms. The van der Waals surface area contributed by atoms with Crippen LogP contribution in [-0.4, -0.2) is 77.2 Å². The van der Waals surface area contributed by atoms with Crippen molar-refractivity contribution in [3.8, 4) is 0 Å². The standard InChI is InChI=1S/C14H23N5O2/c1-18(2)10-11(20)7-16-13-9-15-8-12(17-13)14(21)19-5-3-4-6-19/h8-9,11,20H,3-7,10H2,1-2H3,(H,16,17)/t11-/m0/s1. The second-order valence-electron chi connectivity index (χ2n) is 5.59. The number of aliphatic hydroxyl groups excluding tert-OH is 1. The molecule has 0 aromatic carbocycles. The number of carbonyl (C=O) groups excluding carboxylic acids is 1. The number of likely N-dealkylation sites (tertiary alicyclic amines) is 1. The van der Waals surface area contributed by atoms with Crippen LogP contribution in [0.2, 0.25) is 0 Å². The molecule has 7 nitrogen and oxygen atoms in total. The Kier molecular flexibility index (Phi) is 5.46. The van der Waals surface area contributed by atoms with Crippen molar-refractivity contribution in [2.24, 2.45) is 0 Å². The second kappa shape index (κ2) is 7.33. The number of amides is 1. The van der Waals surface area contributed by atoms with Crippen molar-refractivity contribution in [2.75, 3.05) is 45.6 Å². The highest BCUT2D eigenvalue weighted by Crippen LogP contribution is 2.12. The van der Waals surface area contributed by atoms with E-state index in [9.17, 15) is 9.90 Å². The van der Waals surface area contributed by atoms with Gasteiger partial charge in [0, 0.05) is 26.2 Å². The van der Waals surface area contributed by atoms with Crippen LogP contribution in [0.4, 0.5) is 5.82 Å². The van der Waals surface area contributed by atoms with Crippen LogP contribution in [-0.2, 0) is 0 Å². The summed E-state index contributed by atoms with van der Waals surface area (Å²) in [7, 11) is 3.80. The lowest BCUT2D eigenvalue weighted by Crippen LogP contribution is -2.32.